The zero-order valence-electron chi connectivity index (χ0n) is 14.6. The number of nitrogens with zero attached hydrogens (tertiary/aromatic N) is 3. The lowest BCUT2D eigenvalue weighted by Crippen LogP contribution is -2.62. The number of fused-ring (bicyclic) bond motifs is 3. The minimum absolute atomic E-state index is 0.0468. The molecule has 0 spiro atoms. The molecule has 2 aromatic rings. The van der Waals surface area contributed by atoms with E-state index < -0.39 is 5.95 Å². The van der Waals surface area contributed by atoms with Crippen LogP contribution in [-0.4, -0.2) is 45.5 Å². The van der Waals surface area contributed by atoms with Crippen molar-refractivity contribution in [2.75, 3.05) is 13.1 Å². The van der Waals surface area contributed by atoms with Crippen LogP contribution in [0.2, 0.25) is 0 Å². The molecule has 25 heavy (non-hydrogen) atoms. The summed E-state index contributed by atoms with van der Waals surface area (Å²) in [6.07, 6.45) is 3.81. The molecule has 5 nitrogen and oxygen atoms in total. The molecule has 0 aliphatic carbocycles. The average molecular weight is 342 g/mol. The molecule has 2 aromatic heterocycles. The van der Waals surface area contributed by atoms with Crippen LogP contribution in [0.1, 0.15) is 30.3 Å². The molecule has 1 N–H and O–H groups in total. The van der Waals surface area contributed by atoms with Crippen molar-refractivity contribution in [3.8, 4) is 11.3 Å². The quantitative estimate of drug-likeness (QED) is 0.872. The monoisotopic (exact) mass is 342 g/mol. The summed E-state index contributed by atoms with van der Waals surface area (Å²) >= 11 is 0. The average Bonchev–Trinajstić information content (AvgIpc) is 3.01. The van der Waals surface area contributed by atoms with E-state index in [-0.39, 0.29) is 11.9 Å². The third-order valence-corrected chi connectivity index (χ3v) is 5.85. The van der Waals surface area contributed by atoms with Crippen molar-refractivity contribution in [2.24, 2.45) is 13.0 Å². The van der Waals surface area contributed by atoms with E-state index in [1.54, 1.807) is 6.07 Å². The van der Waals surface area contributed by atoms with Crippen molar-refractivity contribution in [3.05, 3.63) is 42.1 Å². The summed E-state index contributed by atoms with van der Waals surface area (Å²) < 4.78 is 14.9. The Bertz CT molecular complexity index is 775. The van der Waals surface area contributed by atoms with Gasteiger partial charge in [-0.1, -0.05) is 0 Å². The van der Waals surface area contributed by atoms with Gasteiger partial charge in [-0.3, -0.25) is 9.69 Å². The molecule has 1 amide bonds. The van der Waals surface area contributed by atoms with Crippen molar-refractivity contribution in [1.82, 2.24) is 19.8 Å². The third kappa shape index (κ3) is 2.84. The molecular formula is C19H23FN4O. The van der Waals surface area contributed by atoms with Gasteiger partial charge < -0.3 is 9.88 Å². The molecule has 0 saturated carbocycles. The van der Waals surface area contributed by atoms with E-state index in [1.165, 1.54) is 12.3 Å². The highest BCUT2D eigenvalue weighted by Gasteiger charge is 2.40. The fourth-order valence-electron chi connectivity index (χ4n) is 4.33. The number of piperidine rings is 3. The number of carbonyl (C=O) groups is 1. The van der Waals surface area contributed by atoms with Gasteiger partial charge in [-0.05, 0) is 63.0 Å². The maximum absolute atomic E-state index is 13.0. The molecule has 2 bridgehead atoms. The Morgan fingerprint density at radius 2 is 2.00 bits per heavy atom. The Kier molecular flexibility index (Phi) is 4.07. The van der Waals surface area contributed by atoms with Gasteiger partial charge in [0.05, 0.1) is 0 Å². The Morgan fingerprint density at radius 1 is 1.24 bits per heavy atom. The van der Waals surface area contributed by atoms with Gasteiger partial charge in [0.1, 0.15) is 5.69 Å². The molecule has 132 valence electrons. The van der Waals surface area contributed by atoms with E-state index in [0.717, 1.165) is 37.2 Å². The van der Waals surface area contributed by atoms with Crippen molar-refractivity contribution < 1.29 is 9.18 Å². The van der Waals surface area contributed by atoms with E-state index in [0.29, 0.717) is 17.7 Å². The molecule has 3 fully saturated rings. The molecule has 3 aliphatic rings. The van der Waals surface area contributed by atoms with Gasteiger partial charge in [0.25, 0.3) is 5.91 Å². The second-order valence-electron chi connectivity index (χ2n) is 7.15. The van der Waals surface area contributed by atoms with Crippen LogP contribution in [0, 0.1) is 11.9 Å². The number of pyridine rings is 1. The third-order valence-electron chi connectivity index (χ3n) is 5.85. The van der Waals surface area contributed by atoms with Crippen molar-refractivity contribution in [1.29, 1.82) is 0 Å². The molecule has 6 heteroatoms. The maximum atomic E-state index is 13.0. The number of hydrogen-bond acceptors (Lipinski definition) is 3. The van der Waals surface area contributed by atoms with E-state index in [4.69, 9.17) is 0 Å². The zero-order valence-corrected chi connectivity index (χ0v) is 14.6. The van der Waals surface area contributed by atoms with Gasteiger partial charge in [-0.15, -0.1) is 0 Å². The summed E-state index contributed by atoms with van der Waals surface area (Å²) in [5.74, 6) is 0.0201. The largest absolute Gasteiger partial charge is 0.346 e. The Labute approximate surface area is 146 Å². The summed E-state index contributed by atoms with van der Waals surface area (Å²) in [6.45, 7) is 4.49. The zero-order chi connectivity index (χ0) is 17.6. The highest BCUT2D eigenvalue weighted by molar-refractivity contribution is 5.94. The highest BCUT2D eigenvalue weighted by atomic mass is 19.1. The summed E-state index contributed by atoms with van der Waals surface area (Å²) in [5, 5.41) is 3.25. The number of aromatic nitrogens is 2. The van der Waals surface area contributed by atoms with E-state index in [1.807, 2.05) is 23.7 Å². The standard InChI is InChI=1S/C19H23FN4O/c1-12-18(13-7-9-24(12)10-8-13)22-19(25)16-5-4-15(23(16)2)14-3-6-17(20)21-11-14/h3-6,11-13,18H,7-10H2,1-2H3,(H,22,25)/t12-,18-/m0/s1. The smallest absolute Gasteiger partial charge is 0.268 e. The molecule has 0 unspecified atom stereocenters. The van der Waals surface area contributed by atoms with Crippen LogP contribution >= 0.6 is 0 Å². The summed E-state index contributed by atoms with van der Waals surface area (Å²) in [7, 11) is 1.85. The Morgan fingerprint density at radius 3 is 2.64 bits per heavy atom. The first-order valence-electron chi connectivity index (χ1n) is 8.87. The molecule has 5 heterocycles. The minimum Gasteiger partial charge on any atom is -0.346 e. The van der Waals surface area contributed by atoms with E-state index in [9.17, 15) is 9.18 Å². The van der Waals surface area contributed by atoms with E-state index in [2.05, 4.69) is 22.1 Å². The topological polar surface area (TPSA) is 50.2 Å². The van der Waals surface area contributed by atoms with Crippen molar-refractivity contribution in [3.63, 3.8) is 0 Å². The Hall–Kier alpha value is -2.21. The van der Waals surface area contributed by atoms with E-state index >= 15 is 0 Å². The van der Waals surface area contributed by atoms with Crippen LogP contribution in [0.4, 0.5) is 4.39 Å². The van der Waals surface area contributed by atoms with Gasteiger partial charge in [-0.2, -0.15) is 4.39 Å². The number of amides is 1. The second kappa shape index (κ2) is 6.26. The van der Waals surface area contributed by atoms with Crippen LogP contribution in [-0.2, 0) is 7.05 Å². The molecule has 3 saturated heterocycles. The number of nitrogens with one attached hydrogen (secondary N) is 1. The molecule has 3 aliphatic heterocycles. The first-order valence-corrected chi connectivity index (χ1v) is 8.87. The lowest BCUT2D eigenvalue weighted by molar-refractivity contribution is 0.0215. The van der Waals surface area contributed by atoms with Crippen LogP contribution in [0.15, 0.2) is 30.5 Å². The van der Waals surface area contributed by atoms with Gasteiger partial charge in [-0.25, -0.2) is 4.98 Å². The predicted molar refractivity (Wildman–Crippen MR) is 93.6 cm³/mol. The van der Waals surface area contributed by atoms with Gasteiger partial charge in [0.2, 0.25) is 5.95 Å². The fourth-order valence-corrected chi connectivity index (χ4v) is 4.33. The van der Waals surface area contributed by atoms with Gasteiger partial charge in [0, 0.05) is 36.6 Å². The van der Waals surface area contributed by atoms with Gasteiger partial charge >= 0.3 is 0 Å². The highest BCUT2D eigenvalue weighted by Crippen LogP contribution is 2.32. The number of carbonyl (C=O) groups excluding carboxylic acids is 1. The summed E-state index contributed by atoms with van der Waals surface area (Å²) in [4.78, 5) is 19.0. The SMILES string of the molecule is C[C@H]1[C@H](NC(=O)c2ccc(-c3ccc(F)nc3)n2C)C2CCN1CC2. The van der Waals surface area contributed by atoms with Crippen LogP contribution < -0.4 is 5.32 Å². The fraction of sp³-hybridized carbons (Fsp3) is 0.474. The molecule has 0 radical (unpaired) electrons. The number of rotatable bonds is 3. The summed E-state index contributed by atoms with van der Waals surface area (Å²) in [6, 6.07) is 7.30. The molecular weight excluding hydrogens is 319 g/mol. The van der Waals surface area contributed by atoms with Crippen molar-refractivity contribution in [2.45, 2.75) is 31.8 Å². The van der Waals surface area contributed by atoms with Crippen LogP contribution in [0.5, 0.6) is 0 Å². The number of halogens is 1. The minimum atomic E-state index is -0.507. The maximum Gasteiger partial charge on any atom is 0.268 e. The Balaban J connectivity index is 1.54. The number of hydrogen-bond donors (Lipinski definition) is 1. The lowest BCUT2D eigenvalue weighted by Gasteiger charge is -2.49. The molecule has 2 atom stereocenters. The lowest BCUT2D eigenvalue weighted by atomic mass is 9.79. The van der Waals surface area contributed by atoms with Gasteiger partial charge in [0.15, 0.2) is 0 Å². The first-order chi connectivity index (χ1) is 12.0. The normalized spacial score (nSPS) is 28.1. The van der Waals surface area contributed by atoms with Crippen LogP contribution in [0.3, 0.4) is 0 Å². The first kappa shape index (κ1) is 16.3. The molecule has 5 rings (SSSR count). The van der Waals surface area contributed by atoms with Crippen LogP contribution in [0.25, 0.3) is 11.3 Å². The second-order valence-corrected chi connectivity index (χ2v) is 7.15. The van der Waals surface area contributed by atoms with Crippen molar-refractivity contribution >= 4 is 5.91 Å². The summed E-state index contributed by atoms with van der Waals surface area (Å²) in [5.41, 5.74) is 2.25. The molecule has 0 aromatic carbocycles. The predicted octanol–water partition coefficient (Wildman–Crippen LogP) is 2.44.